The Bertz CT molecular complexity index is 248. The Kier molecular flexibility index (Phi) is 6.62. The first-order chi connectivity index (χ1) is 8.18. The first kappa shape index (κ1) is 14.0. The van der Waals surface area contributed by atoms with Crippen molar-refractivity contribution in [3.05, 3.63) is 0 Å². The Morgan fingerprint density at radius 3 is 2.18 bits per heavy atom. The Morgan fingerprint density at radius 2 is 1.59 bits per heavy atom. The first-order valence-electron chi connectivity index (χ1n) is 6.47. The van der Waals surface area contributed by atoms with E-state index in [1.165, 1.54) is 39.0 Å². The second-order valence-electron chi connectivity index (χ2n) is 4.65. The fraction of sp³-hybridized carbons (Fsp3) is 0.833. The summed E-state index contributed by atoms with van der Waals surface area (Å²) in [6, 6.07) is 0.443. The van der Waals surface area contributed by atoms with E-state index in [9.17, 15) is 9.59 Å². The first-order valence-corrected chi connectivity index (χ1v) is 6.47. The zero-order valence-corrected chi connectivity index (χ0v) is 10.6. The van der Waals surface area contributed by atoms with E-state index >= 15 is 0 Å². The highest BCUT2D eigenvalue weighted by atomic mass is 16.2. The van der Waals surface area contributed by atoms with Gasteiger partial charge in [0.1, 0.15) is 0 Å². The molecule has 1 saturated carbocycles. The molecule has 0 atom stereocenters. The highest BCUT2D eigenvalue weighted by molar-refractivity contribution is 5.81. The average Bonchev–Trinajstić information content (AvgIpc) is 2.24. The summed E-state index contributed by atoms with van der Waals surface area (Å²) in [6.45, 7) is 1.63. The number of hydrogen-bond donors (Lipinski definition) is 3. The Morgan fingerprint density at radius 1 is 1.00 bits per heavy atom. The maximum atomic E-state index is 11.4. The van der Waals surface area contributed by atoms with Crippen LogP contribution in [0.4, 0.5) is 0 Å². The van der Waals surface area contributed by atoms with Gasteiger partial charge in [-0.15, -0.1) is 0 Å². The van der Waals surface area contributed by atoms with Gasteiger partial charge in [-0.05, 0) is 12.8 Å². The third-order valence-electron chi connectivity index (χ3n) is 3.03. The van der Waals surface area contributed by atoms with Crippen LogP contribution in [0.5, 0.6) is 0 Å². The smallest absolute Gasteiger partial charge is 0.252 e. The van der Waals surface area contributed by atoms with Crippen LogP contribution in [0.1, 0.15) is 51.9 Å². The van der Waals surface area contributed by atoms with Crippen molar-refractivity contribution in [2.45, 2.75) is 57.9 Å². The minimum atomic E-state index is -0.260. The molecule has 0 bridgehead atoms. The molecule has 1 aliphatic carbocycles. The molecule has 5 nitrogen and oxygen atoms in total. The van der Waals surface area contributed by atoms with E-state index in [4.69, 9.17) is 0 Å². The van der Waals surface area contributed by atoms with Gasteiger partial charge in [0.2, 0.25) is 5.91 Å². The van der Waals surface area contributed by atoms with Gasteiger partial charge in [-0.1, -0.05) is 32.1 Å². The number of carbonyl (C=O) groups is 2. The number of hydrazine groups is 1. The van der Waals surface area contributed by atoms with Crippen LogP contribution >= 0.6 is 0 Å². The molecular formula is C12H23N3O2. The summed E-state index contributed by atoms with van der Waals surface area (Å²) in [5.74, 6) is -0.452. The van der Waals surface area contributed by atoms with Gasteiger partial charge < -0.3 is 5.32 Å². The minimum Gasteiger partial charge on any atom is -0.306 e. The molecule has 98 valence electrons. The van der Waals surface area contributed by atoms with E-state index in [1.54, 1.807) is 0 Å². The summed E-state index contributed by atoms with van der Waals surface area (Å²) in [5.41, 5.74) is 4.63. The largest absolute Gasteiger partial charge is 0.306 e. The fourth-order valence-corrected chi connectivity index (χ4v) is 2.10. The molecule has 1 aliphatic rings. The lowest BCUT2D eigenvalue weighted by Crippen LogP contribution is -2.46. The molecule has 5 heteroatoms. The molecule has 0 aromatic heterocycles. The lowest BCUT2D eigenvalue weighted by molar-refractivity contribution is -0.127. The topological polar surface area (TPSA) is 70.2 Å². The van der Waals surface area contributed by atoms with Crippen LogP contribution in [0.25, 0.3) is 0 Å². The van der Waals surface area contributed by atoms with Crippen molar-refractivity contribution >= 4 is 11.8 Å². The number of amides is 2. The molecule has 17 heavy (non-hydrogen) atoms. The molecule has 0 aliphatic heterocycles. The normalized spacial score (nSPS) is 17.9. The molecule has 2 amide bonds. The molecule has 0 unspecified atom stereocenters. The third-order valence-corrected chi connectivity index (χ3v) is 3.03. The quantitative estimate of drug-likeness (QED) is 0.642. The zero-order chi connectivity index (χ0) is 12.5. The number of rotatable bonds is 3. The van der Waals surface area contributed by atoms with Gasteiger partial charge >= 0.3 is 0 Å². The van der Waals surface area contributed by atoms with Gasteiger partial charge in [0.15, 0.2) is 0 Å². The van der Waals surface area contributed by atoms with Crippen molar-refractivity contribution in [3.8, 4) is 0 Å². The summed E-state index contributed by atoms with van der Waals surface area (Å²) in [7, 11) is 0. The van der Waals surface area contributed by atoms with Crippen LogP contribution in [0.3, 0.4) is 0 Å². The van der Waals surface area contributed by atoms with E-state index in [0.717, 1.165) is 12.8 Å². The predicted octanol–water partition coefficient (Wildman–Crippen LogP) is 0.856. The number of carbonyl (C=O) groups excluding carboxylic acids is 2. The Labute approximate surface area is 103 Å². The second kappa shape index (κ2) is 8.06. The highest BCUT2D eigenvalue weighted by Gasteiger charge is 2.12. The van der Waals surface area contributed by atoms with E-state index in [-0.39, 0.29) is 18.4 Å². The number of hydrogen-bond acceptors (Lipinski definition) is 3. The molecule has 0 aromatic rings. The summed E-state index contributed by atoms with van der Waals surface area (Å²) in [6.07, 6.45) is 8.72. The van der Waals surface area contributed by atoms with Crippen molar-refractivity contribution in [1.82, 2.24) is 16.2 Å². The van der Waals surface area contributed by atoms with Crippen molar-refractivity contribution in [2.75, 3.05) is 6.54 Å². The second-order valence-corrected chi connectivity index (χ2v) is 4.65. The summed E-state index contributed by atoms with van der Waals surface area (Å²) in [5, 5.41) is 3.25. The molecule has 0 saturated heterocycles. The lowest BCUT2D eigenvalue weighted by Gasteiger charge is -2.20. The molecular weight excluding hydrogens is 218 g/mol. The van der Waals surface area contributed by atoms with Crippen molar-refractivity contribution < 1.29 is 9.59 Å². The van der Waals surface area contributed by atoms with Crippen LogP contribution in [-0.2, 0) is 9.59 Å². The molecule has 0 heterocycles. The Balaban J connectivity index is 2.14. The zero-order valence-electron chi connectivity index (χ0n) is 10.6. The van der Waals surface area contributed by atoms with E-state index in [2.05, 4.69) is 16.2 Å². The lowest BCUT2D eigenvalue weighted by atomic mass is 9.97. The van der Waals surface area contributed by atoms with Crippen LogP contribution < -0.4 is 16.2 Å². The van der Waals surface area contributed by atoms with Gasteiger partial charge in [0, 0.05) is 13.0 Å². The summed E-state index contributed by atoms with van der Waals surface area (Å²) < 4.78 is 0. The fourth-order valence-electron chi connectivity index (χ4n) is 2.10. The summed E-state index contributed by atoms with van der Waals surface area (Å²) in [4.78, 5) is 21.9. The highest BCUT2D eigenvalue weighted by Crippen LogP contribution is 2.16. The van der Waals surface area contributed by atoms with Crippen molar-refractivity contribution in [3.63, 3.8) is 0 Å². The third kappa shape index (κ3) is 6.94. The van der Waals surface area contributed by atoms with Gasteiger partial charge in [-0.3, -0.25) is 20.4 Å². The van der Waals surface area contributed by atoms with E-state index in [1.807, 2.05) is 0 Å². The minimum absolute atomic E-state index is 0.192. The molecule has 1 fully saturated rings. The molecule has 0 radical (unpaired) electrons. The monoisotopic (exact) mass is 241 g/mol. The predicted molar refractivity (Wildman–Crippen MR) is 66.1 cm³/mol. The maximum Gasteiger partial charge on any atom is 0.252 e. The molecule has 3 N–H and O–H groups in total. The maximum absolute atomic E-state index is 11.4. The molecule has 0 spiro atoms. The SMILES string of the molecule is CC(=O)NNC(=O)CNC1CCCCCCC1. The average molecular weight is 241 g/mol. The van der Waals surface area contributed by atoms with Crippen molar-refractivity contribution in [1.29, 1.82) is 0 Å². The van der Waals surface area contributed by atoms with Gasteiger partial charge in [0.05, 0.1) is 6.54 Å². The standard InChI is InChI=1S/C12H23N3O2/c1-10(16)14-15-12(17)9-13-11-7-5-3-2-4-6-8-11/h11,13H,2-9H2,1H3,(H,14,16)(H,15,17). The van der Waals surface area contributed by atoms with Crippen LogP contribution in [-0.4, -0.2) is 24.4 Å². The van der Waals surface area contributed by atoms with E-state index in [0.29, 0.717) is 6.04 Å². The summed E-state index contributed by atoms with van der Waals surface area (Å²) >= 11 is 0. The number of nitrogens with one attached hydrogen (secondary N) is 3. The van der Waals surface area contributed by atoms with Crippen LogP contribution in [0, 0.1) is 0 Å². The van der Waals surface area contributed by atoms with Crippen molar-refractivity contribution in [2.24, 2.45) is 0 Å². The molecule has 1 rings (SSSR count). The van der Waals surface area contributed by atoms with Gasteiger partial charge in [-0.2, -0.15) is 0 Å². The molecule has 0 aromatic carbocycles. The Hall–Kier alpha value is -1.10. The van der Waals surface area contributed by atoms with Gasteiger partial charge in [-0.25, -0.2) is 0 Å². The van der Waals surface area contributed by atoms with Crippen LogP contribution in [0.15, 0.2) is 0 Å². The van der Waals surface area contributed by atoms with Crippen LogP contribution in [0.2, 0.25) is 0 Å². The van der Waals surface area contributed by atoms with Gasteiger partial charge in [0.25, 0.3) is 5.91 Å². The van der Waals surface area contributed by atoms with E-state index < -0.39 is 0 Å².